The molecule has 18 atom stereocenters. The first-order valence-corrected chi connectivity index (χ1v) is 60.2. The first kappa shape index (κ1) is 116. The van der Waals surface area contributed by atoms with Crippen LogP contribution in [0.1, 0.15) is 230 Å². The molecule has 6 unspecified atom stereocenters. The summed E-state index contributed by atoms with van der Waals surface area (Å²) in [5, 5.41) is 43.9. The molecule has 8 aliphatic heterocycles. The van der Waals surface area contributed by atoms with E-state index in [1.165, 1.54) is 14.7 Å². The van der Waals surface area contributed by atoms with Crippen molar-refractivity contribution < 1.29 is 124 Å². The van der Waals surface area contributed by atoms with Crippen LogP contribution in [0, 0.1) is 23.7 Å². The molecular formula is C75H133I5N14O23P3-. The fraction of sp³-hybridized carbons (Fsp3) is 0.840. The average molecular weight is 2330 g/mol. The van der Waals surface area contributed by atoms with Gasteiger partial charge in [-0.2, -0.15) is 0 Å². The maximum absolute atomic E-state index is 13.3. The number of piperidine rings is 4. The van der Waals surface area contributed by atoms with Gasteiger partial charge in [-0.05, 0) is 263 Å². The van der Waals surface area contributed by atoms with Crippen LogP contribution in [0.3, 0.4) is 0 Å². The van der Waals surface area contributed by atoms with Crippen molar-refractivity contribution in [1.82, 2.24) is 35.3 Å². The molecule has 45 heteroatoms. The SMILES string of the molecule is C.CC(C)(C)OC(=O)N[C@H]1C(=O)N2C(CC[C@H]2C(=O)OC(C)(C)C)C[C@H]1CN=[N+]=[N-].CC(C)(C)OC(=O)N[C@H]1C(=O)N2C(CC[C@H]2C(=O)OC(C)(C)C)C[C@H]1CO.CC(C)(C)OC(=O)OC(=O)OC(C)(C)C.CC(C)(C)OC(=O)[C@@H]1CCC2C[C@@H](CO)[C@@H](N)C(=O)N21.CI.CI.I[I-]I.[N-]=[N+]=NC[C@@H]1CC2CC[C@@H](C(=O)O)N2C(=O)[C@@H]1NP(P)P. The van der Waals surface area contributed by atoms with Crippen LogP contribution < -0.4 is 34.7 Å². The van der Waals surface area contributed by atoms with Crippen molar-refractivity contribution in [2.24, 2.45) is 39.6 Å². The number of carbonyl (C=O) groups is 12. The van der Waals surface area contributed by atoms with Gasteiger partial charge >= 0.3 is 98.9 Å². The van der Waals surface area contributed by atoms with Gasteiger partial charge in [0.15, 0.2) is 0 Å². The predicted octanol–water partition coefficient (Wildman–Crippen LogP) is 10.6. The summed E-state index contributed by atoms with van der Waals surface area (Å²) >= 11 is 9.60. The standard InChI is InChI=1S/C19H31N5O5.C19H32N2O6.C14H24N2O4.C10H18N5O3P3.C10H18O5.2CH3I.CH4.I3/c1-18(2,3)28-16(26)13-8-7-12-9-11(10-21-23-20)14(15(25)24(12)13)22-17(27)29-19(4,5)6;1-18(2,3)26-16(24)13-8-7-12-9-11(10-22)14(15(23)21(12)13)20-17(25)27-19(4,5)6;1-14(2,3)20-13(19)10-5-4-9-6-8(7-17)11(15)12(18)16(9)10;11-14-12-4-5-3-6-1-2-7(10(17)18)15(6)9(16)8(5)13-21(19)20;1-9(2,3)14-7(11)13-8(12)15-10(4,5)6;2*1-2;;1-3-2/h11-14H,7-10H2,1-6H3,(H,22,27);11-14,22H,7-10H2,1-6H3,(H,20,25);8-11,17H,4-7,15H2,1-3H3;5-8,13H,1-4,19-20H2,(H,17,18);1-6H3;2*1H3;1H4;/q;;;;;;;;-1/t2*11-,12?,13-,14+;8-,9?,10-,11+;5-,6?,7-,8+;;;;;/m0000...../s1. The molecule has 8 N–H and O–H groups in total. The van der Waals surface area contributed by atoms with Crippen LogP contribution >= 0.6 is 108 Å². The molecule has 8 saturated heterocycles. The second-order valence-corrected chi connectivity index (χ2v) is 58.4. The van der Waals surface area contributed by atoms with Gasteiger partial charge in [0.2, 0.25) is 23.6 Å². The molecule has 0 radical (unpaired) electrons. The number of aliphatic hydroxyl groups excluding tert-OH is 2. The Labute approximate surface area is 770 Å². The first-order valence-electron chi connectivity index (χ1n) is 38.8. The first-order chi connectivity index (χ1) is 54.7. The Morgan fingerprint density at radius 2 is 0.717 bits per heavy atom. The summed E-state index contributed by atoms with van der Waals surface area (Å²) in [6.45, 7) is 36.5. The molecule has 120 heavy (non-hydrogen) atoms. The number of rotatable bonds is 14. The van der Waals surface area contributed by atoms with Gasteiger partial charge in [0.1, 0.15) is 75.5 Å². The topological polar surface area (TPSA) is 512 Å². The zero-order chi connectivity index (χ0) is 92.2. The van der Waals surface area contributed by atoms with Gasteiger partial charge in [-0.15, -0.1) is 0 Å². The molecule has 8 heterocycles. The van der Waals surface area contributed by atoms with Gasteiger partial charge in [0.05, 0.1) is 12.1 Å². The van der Waals surface area contributed by atoms with Gasteiger partial charge in [0.25, 0.3) is 0 Å². The Balaban J connectivity index is 0.00000146. The van der Waals surface area contributed by atoms with E-state index in [0.717, 1.165) is 6.42 Å². The number of alkyl halides is 2. The van der Waals surface area contributed by atoms with Crippen LogP contribution in [0.4, 0.5) is 19.2 Å². The zero-order valence-corrected chi connectivity index (χ0v) is 86.6. The minimum atomic E-state index is -1.06. The van der Waals surface area contributed by atoms with Gasteiger partial charge < -0.3 is 89.2 Å². The number of nitrogens with two attached hydrogens (primary N) is 1. The third-order valence-corrected chi connectivity index (χ3v) is 19.9. The third kappa shape index (κ3) is 40.2. The molecule has 0 saturated carbocycles. The maximum atomic E-state index is 13.3. The van der Waals surface area contributed by atoms with Crippen LogP contribution in [0.25, 0.3) is 20.9 Å². The van der Waals surface area contributed by atoms with Crippen LogP contribution in [0.15, 0.2) is 10.2 Å². The number of aliphatic hydroxyl groups is 2. The average Bonchev–Trinajstić information content (AvgIpc) is 1.61. The Kier molecular flexibility index (Phi) is 51.1. The Hall–Kier alpha value is -3.56. The van der Waals surface area contributed by atoms with E-state index in [0.29, 0.717) is 83.9 Å². The van der Waals surface area contributed by atoms with Crippen molar-refractivity contribution >= 4 is 180 Å². The van der Waals surface area contributed by atoms with Crippen molar-refractivity contribution in [3.05, 3.63) is 20.9 Å². The number of carboxylic acids is 1. The van der Waals surface area contributed by atoms with E-state index in [1.807, 2.05) is 30.6 Å². The number of hydrogen-bond donors (Lipinski definition) is 7. The molecule has 0 aromatic heterocycles. The number of ether oxygens (including phenoxy) is 8. The quantitative estimate of drug-likeness (QED) is 0.00977. The number of alkyl carbamates (subject to hydrolysis) is 2. The summed E-state index contributed by atoms with van der Waals surface area (Å²) in [5.74, 6) is -4.44. The van der Waals surface area contributed by atoms with E-state index < -0.39 is 143 Å². The number of hydrogen-bond acceptors (Lipinski definition) is 26. The molecule has 692 valence electrons. The van der Waals surface area contributed by atoms with Crippen molar-refractivity contribution in [1.29, 1.82) is 0 Å². The number of amides is 6. The second-order valence-electron chi connectivity index (χ2n) is 36.0. The molecule has 37 nitrogen and oxygen atoms in total. The molecule has 6 amide bonds. The number of carbonyl (C=O) groups excluding carboxylic acids is 11. The van der Waals surface area contributed by atoms with Crippen molar-refractivity contribution in [2.45, 2.75) is 342 Å². The summed E-state index contributed by atoms with van der Waals surface area (Å²) in [4.78, 5) is 162. The number of carboxylic acid groups (broad SMARTS) is 1. The van der Waals surface area contributed by atoms with E-state index >= 15 is 0 Å². The number of esters is 3. The molecule has 0 aromatic rings. The minimum Gasteiger partial charge on any atom is -0.480 e. The summed E-state index contributed by atoms with van der Waals surface area (Å²) < 4.78 is 40.6. The summed E-state index contributed by atoms with van der Waals surface area (Å²) in [6, 6.07) is -6.04. The Morgan fingerprint density at radius 1 is 0.458 bits per heavy atom. The van der Waals surface area contributed by atoms with E-state index in [4.69, 9.17) is 50.0 Å². The Morgan fingerprint density at radius 3 is 1.00 bits per heavy atom. The maximum Gasteiger partial charge on any atom is 0.326 e. The molecule has 0 bridgehead atoms. The minimum absolute atomic E-state index is 0. The molecular weight excluding hydrogens is 2190 g/mol. The monoisotopic (exact) mass is 2330 g/mol. The number of fused-ring (bicyclic) bond motifs is 4. The fourth-order valence-corrected chi connectivity index (χ4v) is 16.0. The van der Waals surface area contributed by atoms with Crippen molar-refractivity contribution in [3.63, 3.8) is 0 Å². The number of halogens is 5. The van der Waals surface area contributed by atoms with Gasteiger partial charge in [0, 0.05) is 72.1 Å². The predicted molar refractivity (Wildman–Crippen MR) is 490 cm³/mol. The van der Waals surface area contributed by atoms with Crippen LogP contribution in [0.2, 0.25) is 0 Å². The smallest absolute Gasteiger partial charge is 0.326 e. The normalized spacial score (nSPS) is 26.0. The van der Waals surface area contributed by atoms with Gasteiger partial charge in [-0.3, -0.25) is 24.3 Å². The van der Waals surface area contributed by atoms with Crippen molar-refractivity contribution in [2.75, 3.05) is 36.2 Å². The van der Waals surface area contributed by atoms with Crippen molar-refractivity contribution in [3.8, 4) is 0 Å². The molecule has 0 aromatic carbocycles. The Bertz CT molecular complexity index is 3470. The number of azide groups is 2. The second kappa shape index (κ2) is 52.7. The van der Waals surface area contributed by atoms with Crippen LogP contribution in [0.5, 0.6) is 0 Å². The fourth-order valence-electron chi connectivity index (χ4n) is 14.4. The van der Waals surface area contributed by atoms with E-state index in [1.54, 1.807) is 130 Å². The van der Waals surface area contributed by atoms with E-state index in [9.17, 15) is 72.9 Å². The molecule has 8 aliphatic rings. The van der Waals surface area contributed by atoms with Gasteiger partial charge in [-0.25, -0.2) is 38.4 Å². The molecule has 8 rings (SSSR count). The molecule has 8 fully saturated rings. The number of nitrogens with zero attached hydrogens (tertiary/aromatic N) is 10. The zero-order valence-electron chi connectivity index (χ0n) is 72.6. The third-order valence-electron chi connectivity index (χ3n) is 18.5. The number of nitrogens with one attached hydrogen (secondary N) is 3. The summed E-state index contributed by atoms with van der Waals surface area (Å²) in [6.07, 6.45) is 3.69. The molecule has 0 spiro atoms. The largest absolute Gasteiger partial charge is 0.480 e. The van der Waals surface area contributed by atoms with E-state index in [-0.39, 0.29) is 105 Å². The number of aliphatic carboxylic acids is 1. The van der Waals surface area contributed by atoms with Crippen LogP contribution in [-0.4, -0.2) is 255 Å². The summed E-state index contributed by atoms with van der Waals surface area (Å²) in [5.41, 5.74) is 18.4. The van der Waals surface area contributed by atoms with Crippen LogP contribution in [-0.2, 0) is 76.3 Å². The van der Waals surface area contributed by atoms with Gasteiger partial charge in [-0.1, -0.05) is 80.7 Å². The molecule has 0 aliphatic carbocycles. The van der Waals surface area contributed by atoms with E-state index in [2.05, 4.69) is 141 Å². The summed E-state index contributed by atoms with van der Waals surface area (Å²) in [7, 11) is 4.49.